The molecule has 1 aromatic rings. The molecule has 0 bridgehead atoms. The van der Waals surface area contributed by atoms with Crippen LogP contribution >= 0.6 is 11.3 Å². The first-order valence-electron chi connectivity index (χ1n) is 5.24. The van der Waals surface area contributed by atoms with E-state index in [4.69, 9.17) is 0 Å². The minimum absolute atomic E-state index is 0.0656. The fraction of sp³-hybridized carbons (Fsp3) is 0.727. The van der Waals surface area contributed by atoms with Crippen molar-refractivity contribution in [2.45, 2.75) is 38.3 Å². The molecule has 0 spiro atoms. The summed E-state index contributed by atoms with van der Waals surface area (Å²) in [6.07, 6.45) is 0.459. The van der Waals surface area contributed by atoms with E-state index in [-0.39, 0.29) is 5.41 Å². The van der Waals surface area contributed by atoms with Crippen molar-refractivity contribution in [3.8, 4) is 0 Å². The van der Waals surface area contributed by atoms with Crippen LogP contribution in [0.15, 0.2) is 5.38 Å². The molecule has 0 unspecified atom stereocenters. The van der Waals surface area contributed by atoms with Gasteiger partial charge < -0.3 is 5.32 Å². The SMILES string of the molecule is CC(C)(C)c1csc(CC2(F)CNC2)n1. The largest absolute Gasteiger partial charge is 0.310 e. The minimum Gasteiger partial charge on any atom is -0.310 e. The van der Waals surface area contributed by atoms with Crippen molar-refractivity contribution in [1.82, 2.24) is 10.3 Å². The fourth-order valence-corrected chi connectivity index (χ4v) is 2.68. The number of halogens is 1. The average Bonchev–Trinajstić information content (AvgIpc) is 2.49. The van der Waals surface area contributed by atoms with Crippen LogP contribution in [-0.2, 0) is 11.8 Å². The zero-order valence-corrected chi connectivity index (χ0v) is 10.2. The lowest BCUT2D eigenvalue weighted by Gasteiger charge is -2.34. The molecule has 0 saturated carbocycles. The predicted molar refractivity (Wildman–Crippen MR) is 61.2 cm³/mol. The van der Waals surface area contributed by atoms with Crippen molar-refractivity contribution in [1.29, 1.82) is 0 Å². The second-order valence-electron chi connectivity index (χ2n) is 5.31. The van der Waals surface area contributed by atoms with Gasteiger partial charge >= 0.3 is 0 Å². The normalized spacial score (nSPS) is 20.0. The molecule has 15 heavy (non-hydrogen) atoms. The van der Waals surface area contributed by atoms with Crippen LogP contribution in [0, 0.1) is 0 Å². The summed E-state index contributed by atoms with van der Waals surface area (Å²) in [4.78, 5) is 4.50. The van der Waals surface area contributed by atoms with E-state index in [0.29, 0.717) is 19.5 Å². The highest BCUT2D eigenvalue weighted by molar-refractivity contribution is 7.09. The molecule has 84 valence electrons. The summed E-state index contributed by atoms with van der Waals surface area (Å²) in [7, 11) is 0. The van der Waals surface area contributed by atoms with Crippen molar-refractivity contribution in [2.24, 2.45) is 0 Å². The second-order valence-corrected chi connectivity index (χ2v) is 6.25. The third kappa shape index (κ3) is 2.37. The van der Waals surface area contributed by atoms with Gasteiger partial charge in [-0.3, -0.25) is 0 Å². The Morgan fingerprint density at radius 3 is 2.60 bits per heavy atom. The van der Waals surface area contributed by atoms with Gasteiger partial charge in [0.25, 0.3) is 0 Å². The first-order valence-corrected chi connectivity index (χ1v) is 6.12. The molecule has 1 N–H and O–H groups in total. The Morgan fingerprint density at radius 2 is 2.20 bits per heavy atom. The average molecular weight is 228 g/mol. The van der Waals surface area contributed by atoms with Crippen LogP contribution in [0.3, 0.4) is 0 Å². The van der Waals surface area contributed by atoms with Gasteiger partial charge in [-0.05, 0) is 0 Å². The lowest BCUT2D eigenvalue weighted by Crippen LogP contribution is -2.57. The molecule has 0 aliphatic carbocycles. The molecule has 0 radical (unpaired) electrons. The zero-order chi connectivity index (χ0) is 11.1. The maximum absolute atomic E-state index is 13.8. The summed E-state index contributed by atoms with van der Waals surface area (Å²) >= 11 is 1.57. The van der Waals surface area contributed by atoms with E-state index >= 15 is 0 Å². The Morgan fingerprint density at radius 1 is 1.53 bits per heavy atom. The van der Waals surface area contributed by atoms with Gasteiger partial charge in [-0.2, -0.15) is 0 Å². The number of alkyl halides is 1. The molecule has 0 aromatic carbocycles. The lowest BCUT2D eigenvalue weighted by atomic mass is 9.93. The summed E-state index contributed by atoms with van der Waals surface area (Å²) in [6, 6.07) is 0. The smallest absolute Gasteiger partial charge is 0.142 e. The van der Waals surface area contributed by atoms with Gasteiger partial charge in [0.2, 0.25) is 0 Å². The Balaban J connectivity index is 2.07. The highest BCUT2D eigenvalue weighted by atomic mass is 32.1. The third-order valence-electron chi connectivity index (χ3n) is 2.67. The van der Waals surface area contributed by atoms with Gasteiger partial charge in [0.05, 0.1) is 10.7 Å². The topological polar surface area (TPSA) is 24.9 Å². The quantitative estimate of drug-likeness (QED) is 0.840. The van der Waals surface area contributed by atoms with Crippen molar-refractivity contribution in [3.05, 3.63) is 16.1 Å². The molecule has 1 aliphatic rings. The fourth-order valence-electron chi connectivity index (χ4n) is 1.53. The molecular formula is C11H17FN2S. The van der Waals surface area contributed by atoms with Gasteiger partial charge in [0.15, 0.2) is 0 Å². The zero-order valence-electron chi connectivity index (χ0n) is 9.43. The van der Waals surface area contributed by atoms with Crippen LogP contribution in [0.1, 0.15) is 31.5 Å². The van der Waals surface area contributed by atoms with E-state index in [1.165, 1.54) is 0 Å². The first kappa shape index (κ1) is 11.0. The van der Waals surface area contributed by atoms with E-state index in [1.54, 1.807) is 11.3 Å². The van der Waals surface area contributed by atoms with E-state index in [2.05, 4.69) is 31.1 Å². The molecule has 4 heteroatoms. The number of thiazole rings is 1. The number of aromatic nitrogens is 1. The maximum Gasteiger partial charge on any atom is 0.142 e. The number of hydrogen-bond donors (Lipinski definition) is 1. The van der Waals surface area contributed by atoms with Crippen molar-refractivity contribution < 1.29 is 4.39 Å². The van der Waals surface area contributed by atoms with Gasteiger partial charge in [-0.25, -0.2) is 9.37 Å². The second kappa shape index (κ2) is 3.52. The molecule has 2 rings (SSSR count). The molecule has 0 amide bonds. The summed E-state index contributed by atoms with van der Waals surface area (Å²) < 4.78 is 13.8. The first-order chi connectivity index (χ1) is 6.89. The van der Waals surface area contributed by atoms with Gasteiger partial charge in [-0.1, -0.05) is 20.8 Å². The third-order valence-corrected chi connectivity index (χ3v) is 3.52. The van der Waals surface area contributed by atoms with Gasteiger partial charge in [0, 0.05) is 30.3 Å². The Hall–Kier alpha value is -0.480. The van der Waals surface area contributed by atoms with E-state index in [9.17, 15) is 4.39 Å². The molecule has 2 heterocycles. The van der Waals surface area contributed by atoms with Crippen LogP contribution in [0.4, 0.5) is 4.39 Å². The number of rotatable bonds is 2. The maximum atomic E-state index is 13.8. The summed E-state index contributed by atoms with van der Waals surface area (Å²) in [6.45, 7) is 7.32. The van der Waals surface area contributed by atoms with Crippen LogP contribution in [0.5, 0.6) is 0 Å². The van der Waals surface area contributed by atoms with Crippen molar-refractivity contribution in [2.75, 3.05) is 13.1 Å². The Labute approximate surface area is 93.9 Å². The summed E-state index contributed by atoms with van der Waals surface area (Å²) in [5.41, 5.74) is 0.0849. The van der Waals surface area contributed by atoms with Crippen molar-refractivity contribution >= 4 is 11.3 Å². The summed E-state index contributed by atoms with van der Waals surface area (Å²) in [5.74, 6) is 0. The van der Waals surface area contributed by atoms with Crippen LogP contribution in [-0.4, -0.2) is 23.7 Å². The molecule has 1 fully saturated rings. The molecule has 1 aromatic heterocycles. The minimum atomic E-state index is -1.05. The van der Waals surface area contributed by atoms with E-state index in [0.717, 1.165) is 10.7 Å². The highest BCUT2D eigenvalue weighted by Crippen LogP contribution is 2.28. The lowest BCUT2D eigenvalue weighted by molar-refractivity contribution is 0.0910. The van der Waals surface area contributed by atoms with Gasteiger partial charge in [-0.15, -0.1) is 11.3 Å². The monoisotopic (exact) mass is 228 g/mol. The summed E-state index contributed by atoms with van der Waals surface area (Å²) in [5, 5.41) is 5.93. The highest BCUT2D eigenvalue weighted by Gasteiger charge is 2.38. The number of nitrogens with zero attached hydrogens (tertiary/aromatic N) is 1. The number of nitrogens with one attached hydrogen (secondary N) is 1. The standard InChI is InChI=1S/C11H17FN2S/c1-10(2,3)8-5-15-9(14-8)4-11(12)6-13-7-11/h5,13H,4,6-7H2,1-3H3. The molecule has 0 atom stereocenters. The Kier molecular flexibility index (Phi) is 2.59. The van der Waals surface area contributed by atoms with E-state index < -0.39 is 5.67 Å². The molecule has 1 saturated heterocycles. The van der Waals surface area contributed by atoms with Gasteiger partial charge in [0.1, 0.15) is 5.67 Å². The van der Waals surface area contributed by atoms with Crippen LogP contribution in [0.25, 0.3) is 0 Å². The molecule has 1 aliphatic heterocycles. The van der Waals surface area contributed by atoms with Crippen LogP contribution < -0.4 is 5.32 Å². The van der Waals surface area contributed by atoms with E-state index in [1.807, 2.05) is 5.38 Å². The van der Waals surface area contributed by atoms with Crippen LogP contribution in [0.2, 0.25) is 0 Å². The Bertz CT molecular complexity index is 350. The predicted octanol–water partition coefficient (Wildman–Crippen LogP) is 2.29. The molecule has 2 nitrogen and oxygen atoms in total. The molecular weight excluding hydrogens is 211 g/mol. The van der Waals surface area contributed by atoms with Crippen molar-refractivity contribution in [3.63, 3.8) is 0 Å². The number of hydrogen-bond acceptors (Lipinski definition) is 3.